The van der Waals surface area contributed by atoms with Crippen molar-refractivity contribution in [2.75, 3.05) is 7.11 Å². The summed E-state index contributed by atoms with van der Waals surface area (Å²) in [5.74, 6) is 0. The largest absolute Gasteiger partial charge is 0.388 e. The summed E-state index contributed by atoms with van der Waals surface area (Å²) >= 11 is 0. The minimum atomic E-state index is -0.749. The van der Waals surface area contributed by atoms with Gasteiger partial charge in [-0.3, -0.25) is 0 Å². The third-order valence-electron chi connectivity index (χ3n) is 2.34. The maximum atomic E-state index is 9.52. The highest BCUT2D eigenvalue weighted by atomic mass is 16.6. The average Bonchev–Trinajstić information content (AvgIpc) is 2.02. The Bertz CT molecular complexity index is 136. The van der Waals surface area contributed by atoms with E-state index in [-0.39, 0.29) is 12.2 Å². The summed E-state index contributed by atoms with van der Waals surface area (Å²) in [5, 5.41) is 19.0. The Labute approximate surface area is 72.1 Å². The number of hydrogen-bond acceptors (Lipinski definition) is 4. The van der Waals surface area contributed by atoms with E-state index in [2.05, 4.69) is 0 Å². The molecule has 0 saturated carbocycles. The van der Waals surface area contributed by atoms with Crippen LogP contribution < -0.4 is 0 Å². The molecule has 0 aromatic rings. The molecular weight excluding hydrogens is 160 g/mol. The Morgan fingerprint density at radius 1 is 1.08 bits per heavy atom. The lowest BCUT2D eigenvalue weighted by molar-refractivity contribution is -0.219. The van der Waals surface area contributed by atoms with Crippen molar-refractivity contribution in [3.63, 3.8) is 0 Å². The van der Waals surface area contributed by atoms with Crippen LogP contribution in [0.1, 0.15) is 13.8 Å². The van der Waals surface area contributed by atoms with Crippen LogP contribution in [0.4, 0.5) is 0 Å². The molecule has 1 fully saturated rings. The van der Waals surface area contributed by atoms with Crippen LogP contribution in [0, 0.1) is 0 Å². The van der Waals surface area contributed by atoms with Crippen LogP contribution in [0.15, 0.2) is 0 Å². The topological polar surface area (TPSA) is 58.9 Å². The van der Waals surface area contributed by atoms with Gasteiger partial charge in [0, 0.05) is 7.11 Å². The van der Waals surface area contributed by atoms with Gasteiger partial charge in [0.05, 0.1) is 12.2 Å². The molecule has 0 aliphatic carbocycles. The first-order valence-electron chi connectivity index (χ1n) is 4.12. The molecule has 1 aliphatic heterocycles. The van der Waals surface area contributed by atoms with E-state index in [0.29, 0.717) is 0 Å². The molecule has 0 bridgehead atoms. The van der Waals surface area contributed by atoms with Crippen molar-refractivity contribution in [3.8, 4) is 0 Å². The molecule has 0 radical (unpaired) electrons. The monoisotopic (exact) mass is 176 g/mol. The number of ether oxygens (including phenoxy) is 2. The Morgan fingerprint density at radius 2 is 1.50 bits per heavy atom. The highest BCUT2D eigenvalue weighted by Crippen LogP contribution is 2.22. The second-order valence-corrected chi connectivity index (χ2v) is 3.23. The van der Waals surface area contributed by atoms with E-state index >= 15 is 0 Å². The van der Waals surface area contributed by atoms with Crippen LogP contribution in [0.5, 0.6) is 0 Å². The van der Waals surface area contributed by atoms with Crippen molar-refractivity contribution in [1.29, 1.82) is 0 Å². The summed E-state index contributed by atoms with van der Waals surface area (Å²) in [6.07, 6.45) is -2.60. The van der Waals surface area contributed by atoms with Crippen molar-refractivity contribution in [1.82, 2.24) is 0 Å². The van der Waals surface area contributed by atoms with E-state index in [0.717, 1.165) is 0 Å². The number of hydrogen-bond donors (Lipinski definition) is 2. The van der Waals surface area contributed by atoms with Crippen molar-refractivity contribution < 1.29 is 19.7 Å². The Balaban J connectivity index is 2.67. The lowest BCUT2D eigenvalue weighted by atomic mass is 9.96. The molecule has 4 heteroatoms. The molecule has 1 saturated heterocycles. The Kier molecular flexibility index (Phi) is 3.06. The van der Waals surface area contributed by atoms with Gasteiger partial charge in [-0.1, -0.05) is 0 Å². The van der Waals surface area contributed by atoms with Gasteiger partial charge in [0.1, 0.15) is 18.3 Å². The number of aliphatic hydroxyl groups excluding tert-OH is 2. The fourth-order valence-electron chi connectivity index (χ4n) is 1.51. The highest BCUT2D eigenvalue weighted by molar-refractivity contribution is 4.89. The molecule has 4 nitrogen and oxygen atoms in total. The van der Waals surface area contributed by atoms with Gasteiger partial charge in [-0.05, 0) is 13.8 Å². The van der Waals surface area contributed by atoms with Gasteiger partial charge >= 0.3 is 0 Å². The van der Waals surface area contributed by atoms with Crippen LogP contribution in [0.25, 0.3) is 0 Å². The van der Waals surface area contributed by atoms with Gasteiger partial charge in [-0.15, -0.1) is 0 Å². The molecule has 5 atom stereocenters. The predicted octanol–water partition coefficient (Wildman–Crippen LogP) is -0.470. The van der Waals surface area contributed by atoms with E-state index in [1.807, 2.05) is 0 Å². The summed E-state index contributed by atoms with van der Waals surface area (Å²) in [4.78, 5) is 0. The molecule has 0 spiro atoms. The van der Waals surface area contributed by atoms with E-state index in [9.17, 15) is 10.2 Å². The smallest absolute Gasteiger partial charge is 0.114 e. The van der Waals surface area contributed by atoms with Crippen molar-refractivity contribution in [2.45, 2.75) is 44.4 Å². The van der Waals surface area contributed by atoms with Crippen LogP contribution in [-0.4, -0.2) is 47.8 Å². The molecule has 0 amide bonds. The summed E-state index contributed by atoms with van der Waals surface area (Å²) in [7, 11) is 1.47. The van der Waals surface area contributed by atoms with Crippen LogP contribution in [0.2, 0.25) is 0 Å². The van der Waals surface area contributed by atoms with Gasteiger partial charge < -0.3 is 19.7 Å². The van der Waals surface area contributed by atoms with E-state index in [4.69, 9.17) is 9.47 Å². The molecule has 1 heterocycles. The maximum Gasteiger partial charge on any atom is 0.114 e. The average molecular weight is 176 g/mol. The third-order valence-corrected chi connectivity index (χ3v) is 2.34. The number of rotatable bonds is 1. The minimum Gasteiger partial charge on any atom is -0.388 e. The first-order valence-corrected chi connectivity index (χ1v) is 4.12. The molecular formula is C8H16O4. The quantitative estimate of drug-likeness (QED) is 0.567. The Hall–Kier alpha value is -0.160. The van der Waals surface area contributed by atoms with E-state index in [1.54, 1.807) is 13.8 Å². The zero-order valence-corrected chi connectivity index (χ0v) is 7.60. The highest BCUT2D eigenvalue weighted by Gasteiger charge is 2.40. The van der Waals surface area contributed by atoms with Gasteiger partial charge in [-0.2, -0.15) is 0 Å². The van der Waals surface area contributed by atoms with Gasteiger partial charge in [0.25, 0.3) is 0 Å². The fourth-order valence-corrected chi connectivity index (χ4v) is 1.51. The molecule has 2 N–H and O–H groups in total. The second-order valence-electron chi connectivity index (χ2n) is 3.23. The molecule has 1 rings (SSSR count). The lowest BCUT2D eigenvalue weighted by Gasteiger charge is -2.39. The van der Waals surface area contributed by atoms with Gasteiger partial charge in [-0.25, -0.2) is 0 Å². The summed E-state index contributed by atoms with van der Waals surface area (Å²) < 4.78 is 10.2. The van der Waals surface area contributed by atoms with Crippen molar-refractivity contribution >= 4 is 0 Å². The van der Waals surface area contributed by atoms with E-state index in [1.165, 1.54) is 7.11 Å². The van der Waals surface area contributed by atoms with Gasteiger partial charge in [0.2, 0.25) is 0 Å². The number of aliphatic hydroxyl groups is 2. The predicted molar refractivity (Wildman–Crippen MR) is 42.8 cm³/mol. The fraction of sp³-hybridized carbons (Fsp3) is 1.00. The van der Waals surface area contributed by atoms with Crippen molar-refractivity contribution in [3.05, 3.63) is 0 Å². The normalized spacial score (nSPS) is 49.2. The molecule has 0 aromatic heterocycles. The molecule has 72 valence electrons. The zero-order chi connectivity index (χ0) is 9.30. The molecule has 2 unspecified atom stereocenters. The summed E-state index contributed by atoms with van der Waals surface area (Å²) in [6.45, 7) is 3.53. The number of methoxy groups -OCH3 is 1. The van der Waals surface area contributed by atoms with Crippen LogP contribution in [-0.2, 0) is 9.47 Å². The zero-order valence-electron chi connectivity index (χ0n) is 7.60. The first-order chi connectivity index (χ1) is 5.57. The second kappa shape index (κ2) is 3.70. The van der Waals surface area contributed by atoms with Gasteiger partial charge in [0.15, 0.2) is 0 Å². The lowest BCUT2D eigenvalue weighted by Crippen LogP contribution is -2.56. The molecule has 1 aliphatic rings. The maximum absolute atomic E-state index is 9.52. The molecule has 0 aromatic carbocycles. The SMILES string of the molecule is COC1[C@@H](O)C(C)O[C@H](C)[C@@H]1O. The van der Waals surface area contributed by atoms with E-state index < -0.39 is 18.3 Å². The Morgan fingerprint density at radius 3 is 1.83 bits per heavy atom. The first kappa shape index (κ1) is 9.92. The third kappa shape index (κ3) is 1.61. The molecule has 12 heavy (non-hydrogen) atoms. The summed E-state index contributed by atoms with van der Waals surface area (Å²) in [6, 6.07) is 0. The summed E-state index contributed by atoms with van der Waals surface area (Å²) in [5.41, 5.74) is 0. The van der Waals surface area contributed by atoms with Crippen LogP contribution in [0.3, 0.4) is 0 Å². The minimum absolute atomic E-state index is 0.284. The van der Waals surface area contributed by atoms with Crippen molar-refractivity contribution in [2.24, 2.45) is 0 Å². The standard InChI is InChI=1S/C8H16O4/c1-4-6(9)8(11-3)7(10)5(2)12-4/h4-10H,1-3H3/t4-,5?,6+,7+,8?/m1/s1. The van der Waals surface area contributed by atoms with Crippen LogP contribution >= 0.6 is 0 Å².